The van der Waals surface area contributed by atoms with Crippen LogP contribution in [0.2, 0.25) is 0 Å². The van der Waals surface area contributed by atoms with Gasteiger partial charge in [0, 0.05) is 26.6 Å². The molecule has 3 aliphatic rings. The van der Waals surface area contributed by atoms with E-state index in [1.807, 2.05) is 43.3 Å². The fraction of sp³-hybridized carbons (Fsp3) is 0.357. The number of aromatic nitrogens is 1. The molecule has 3 aliphatic heterocycles. The van der Waals surface area contributed by atoms with Gasteiger partial charge in [-0.05, 0) is 42.3 Å². The smallest absolute Gasteiger partial charge is 0.331 e. The van der Waals surface area contributed by atoms with E-state index in [1.54, 1.807) is 26.9 Å². The highest BCUT2D eigenvalue weighted by Crippen LogP contribution is 2.36. The van der Waals surface area contributed by atoms with Gasteiger partial charge in [0.15, 0.2) is 16.8 Å². The Hall–Kier alpha value is -4.36. The lowest BCUT2D eigenvalue weighted by Gasteiger charge is -2.46. The Morgan fingerprint density at radius 1 is 1.32 bits per heavy atom. The van der Waals surface area contributed by atoms with Crippen molar-refractivity contribution in [3.05, 3.63) is 60.0 Å². The third-order valence-electron chi connectivity index (χ3n) is 7.62. The number of urea groups is 1. The minimum atomic E-state index is -0.769. The first-order valence-electron chi connectivity index (χ1n) is 13.5. The Morgan fingerprint density at radius 3 is 2.93 bits per heavy atom. The minimum Gasteiger partial charge on any atom is -0.440 e. The summed E-state index contributed by atoms with van der Waals surface area (Å²) in [7, 11) is 1.57. The molecule has 0 unspecified atom stereocenters. The van der Waals surface area contributed by atoms with Crippen LogP contribution in [0, 0.1) is 0 Å². The molecule has 6 rings (SSSR count). The zero-order valence-corrected chi connectivity index (χ0v) is 23.7. The van der Waals surface area contributed by atoms with Gasteiger partial charge in [-0.15, -0.1) is 0 Å². The summed E-state index contributed by atoms with van der Waals surface area (Å²) >= 11 is 1.40. The first kappa shape index (κ1) is 26.8. The van der Waals surface area contributed by atoms with Crippen molar-refractivity contribution in [2.75, 3.05) is 37.7 Å². The number of nitrogens with one attached hydrogen (secondary N) is 2. The fourth-order valence-electron chi connectivity index (χ4n) is 5.85. The van der Waals surface area contributed by atoms with E-state index in [-0.39, 0.29) is 37.4 Å². The summed E-state index contributed by atoms with van der Waals surface area (Å²) in [6.07, 6.45) is 0.482. The number of benzene rings is 2. The topological polar surface area (TPSA) is 136 Å². The van der Waals surface area contributed by atoms with E-state index < -0.39 is 12.2 Å². The number of hydrazine groups is 1. The van der Waals surface area contributed by atoms with Gasteiger partial charge in [-0.3, -0.25) is 14.6 Å². The average Bonchev–Trinajstić information content (AvgIpc) is 3.62. The number of thiazole rings is 1. The first-order chi connectivity index (χ1) is 19.8. The number of nitrogens with zero attached hydrogens (tertiary/aromatic N) is 5. The SMILES string of the molecule is C=C1Nc2ccc(C[C@H]3C(=O)N(Cc4cccc5sc(N)nc45)C[C@H]4N3C(=O)CN4N(CCC)C(=O)NC)cc2O1. The highest BCUT2D eigenvalue weighted by atomic mass is 32.1. The van der Waals surface area contributed by atoms with Gasteiger partial charge in [0.2, 0.25) is 11.8 Å². The summed E-state index contributed by atoms with van der Waals surface area (Å²) < 4.78 is 6.62. The standard InChI is InChI=1S/C28H32N8O4S/c1-4-10-34(28(39)30-3)35-15-24(37)36-20(11-17-8-9-19-21(12-17)40-16(2)31-19)26(38)33(14-23(35)36)13-18-6-5-7-22-25(18)32-27(29)41-22/h5-9,12,20,23,31H,2,4,10-11,13-15H2,1,3H3,(H2,29,32)(H,30,39)/t20-,23+/m0/s1. The number of fused-ring (bicyclic) bond motifs is 3. The van der Waals surface area contributed by atoms with Crippen molar-refractivity contribution >= 4 is 50.2 Å². The average molecular weight is 577 g/mol. The molecule has 2 fully saturated rings. The molecule has 0 radical (unpaired) electrons. The Bertz CT molecular complexity index is 1560. The van der Waals surface area contributed by atoms with Gasteiger partial charge in [0.05, 0.1) is 29.0 Å². The maximum Gasteiger partial charge on any atom is 0.331 e. The van der Waals surface area contributed by atoms with Crippen LogP contribution in [0.1, 0.15) is 24.5 Å². The van der Waals surface area contributed by atoms with Gasteiger partial charge in [-0.1, -0.05) is 36.5 Å². The number of para-hydroxylation sites is 1. The second-order valence-electron chi connectivity index (χ2n) is 10.3. The molecule has 214 valence electrons. The molecule has 0 aliphatic carbocycles. The Labute approximate surface area is 241 Å². The third kappa shape index (κ3) is 4.80. The van der Waals surface area contributed by atoms with E-state index in [9.17, 15) is 14.4 Å². The number of carbonyl (C=O) groups is 3. The molecule has 2 aromatic carbocycles. The summed E-state index contributed by atoms with van der Waals surface area (Å²) in [5, 5.41) is 9.58. The number of hydrogen-bond donors (Lipinski definition) is 3. The van der Waals surface area contributed by atoms with Gasteiger partial charge in [0.1, 0.15) is 12.2 Å². The predicted octanol–water partition coefficient (Wildman–Crippen LogP) is 2.54. The Kier molecular flexibility index (Phi) is 6.91. The molecule has 13 heteroatoms. The molecule has 0 spiro atoms. The van der Waals surface area contributed by atoms with Gasteiger partial charge < -0.3 is 30.9 Å². The zero-order valence-electron chi connectivity index (χ0n) is 22.9. The number of rotatable bonds is 7. The number of carbonyl (C=O) groups excluding carboxylic acids is 3. The molecule has 3 aromatic rings. The molecule has 12 nitrogen and oxygen atoms in total. The highest BCUT2D eigenvalue weighted by molar-refractivity contribution is 7.22. The van der Waals surface area contributed by atoms with E-state index in [0.29, 0.717) is 36.3 Å². The molecule has 0 bridgehead atoms. The van der Waals surface area contributed by atoms with Crippen molar-refractivity contribution in [1.29, 1.82) is 0 Å². The second-order valence-corrected chi connectivity index (χ2v) is 11.4. The molecular weight excluding hydrogens is 544 g/mol. The zero-order chi connectivity index (χ0) is 28.8. The van der Waals surface area contributed by atoms with Gasteiger partial charge in [0.25, 0.3) is 0 Å². The van der Waals surface area contributed by atoms with Crippen LogP contribution in [0.3, 0.4) is 0 Å². The summed E-state index contributed by atoms with van der Waals surface area (Å²) in [5.74, 6) is 0.701. The van der Waals surface area contributed by atoms with Crippen LogP contribution in [-0.4, -0.2) is 81.5 Å². The maximum absolute atomic E-state index is 14.2. The molecular formula is C28H32N8O4S. The minimum absolute atomic E-state index is 0.00491. The quantitative estimate of drug-likeness (QED) is 0.391. The van der Waals surface area contributed by atoms with Crippen LogP contribution in [0.25, 0.3) is 10.2 Å². The van der Waals surface area contributed by atoms with Crippen LogP contribution < -0.4 is 21.1 Å². The Balaban J connectivity index is 1.36. The normalized spacial score (nSPS) is 20.2. The molecule has 1 aromatic heterocycles. The molecule has 41 heavy (non-hydrogen) atoms. The van der Waals surface area contributed by atoms with Crippen LogP contribution >= 0.6 is 11.3 Å². The fourth-order valence-corrected chi connectivity index (χ4v) is 6.63. The lowest BCUT2D eigenvalue weighted by molar-refractivity contribution is -0.157. The molecule has 2 atom stereocenters. The lowest BCUT2D eigenvalue weighted by atomic mass is 9.99. The molecule has 2 saturated heterocycles. The molecule has 0 saturated carbocycles. The predicted molar refractivity (Wildman–Crippen MR) is 156 cm³/mol. The summed E-state index contributed by atoms with van der Waals surface area (Å²) in [4.78, 5) is 48.5. The van der Waals surface area contributed by atoms with Crippen molar-refractivity contribution in [3.63, 3.8) is 0 Å². The number of anilines is 2. The third-order valence-corrected chi connectivity index (χ3v) is 8.47. The number of nitrogen functional groups attached to an aromatic ring is 1. The number of ether oxygens (including phenoxy) is 1. The number of amides is 4. The van der Waals surface area contributed by atoms with Gasteiger partial charge in [-0.2, -0.15) is 5.01 Å². The molecule has 4 amide bonds. The summed E-state index contributed by atoms with van der Waals surface area (Å²) in [6, 6.07) is 10.4. The van der Waals surface area contributed by atoms with E-state index in [0.717, 1.165) is 27.0 Å². The van der Waals surface area contributed by atoms with Gasteiger partial charge in [-0.25, -0.2) is 9.78 Å². The number of piperazine rings is 1. The molecule has 4 heterocycles. The number of hydrogen-bond acceptors (Lipinski definition) is 9. The first-order valence-corrected chi connectivity index (χ1v) is 14.4. The van der Waals surface area contributed by atoms with Crippen molar-refractivity contribution in [2.45, 2.75) is 38.5 Å². The largest absolute Gasteiger partial charge is 0.440 e. The van der Waals surface area contributed by atoms with Crippen molar-refractivity contribution in [3.8, 4) is 5.75 Å². The lowest BCUT2D eigenvalue weighted by Crippen LogP contribution is -2.66. The van der Waals surface area contributed by atoms with Crippen LogP contribution in [0.15, 0.2) is 48.9 Å². The van der Waals surface area contributed by atoms with E-state index in [2.05, 4.69) is 22.2 Å². The van der Waals surface area contributed by atoms with Crippen molar-refractivity contribution in [2.24, 2.45) is 0 Å². The van der Waals surface area contributed by atoms with Gasteiger partial charge >= 0.3 is 6.03 Å². The van der Waals surface area contributed by atoms with Crippen LogP contribution in [0.5, 0.6) is 5.75 Å². The highest BCUT2D eigenvalue weighted by Gasteiger charge is 2.52. The van der Waals surface area contributed by atoms with Crippen LogP contribution in [-0.2, 0) is 22.6 Å². The van der Waals surface area contributed by atoms with Crippen molar-refractivity contribution < 1.29 is 19.1 Å². The van der Waals surface area contributed by atoms with E-state index >= 15 is 0 Å². The molecule has 4 N–H and O–H groups in total. The Morgan fingerprint density at radius 2 is 2.15 bits per heavy atom. The van der Waals surface area contributed by atoms with E-state index in [1.165, 1.54) is 11.3 Å². The second kappa shape index (κ2) is 10.6. The van der Waals surface area contributed by atoms with Crippen molar-refractivity contribution in [1.82, 2.24) is 30.1 Å². The summed E-state index contributed by atoms with van der Waals surface area (Å²) in [6.45, 7) is 6.77. The monoisotopic (exact) mass is 576 g/mol. The van der Waals surface area contributed by atoms with Crippen LogP contribution in [0.4, 0.5) is 15.6 Å². The van der Waals surface area contributed by atoms with E-state index in [4.69, 9.17) is 10.5 Å². The summed E-state index contributed by atoms with van der Waals surface area (Å²) in [5.41, 5.74) is 9.28. The number of nitrogens with two attached hydrogens (primary N) is 1. The maximum atomic E-state index is 14.2.